The van der Waals surface area contributed by atoms with Crippen molar-refractivity contribution in [2.45, 2.75) is 31.7 Å². The number of phenolic OH excluding ortho intramolecular Hbond substituents is 1. The first kappa shape index (κ1) is 36.7. The van der Waals surface area contributed by atoms with E-state index in [0.29, 0.717) is 57.5 Å². The second-order valence-electron chi connectivity index (χ2n) is 11.2. The number of aromatic hydroxyl groups is 1. The van der Waals surface area contributed by atoms with Gasteiger partial charge in [0.1, 0.15) is 22.2 Å². The van der Waals surface area contributed by atoms with Gasteiger partial charge in [-0.25, -0.2) is 4.79 Å². The molecule has 3 aromatic carbocycles. The molecule has 0 saturated heterocycles. The fourth-order valence-corrected chi connectivity index (χ4v) is 7.29. The zero-order chi connectivity index (χ0) is 36.5. The van der Waals surface area contributed by atoms with E-state index in [-0.39, 0.29) is 35.6 Å². The Morgan fingerprint density at radius 3 is 2.51 bits per heavy atom. The molecular formula is C37H36N4O8S2. The van der Waals surface area contributed by atoms with Crippen LogP contribution in [0.25, 0.3) is 6.08 Å². The van der Waals surface area contributed by atoms with Gasteiger partial charge in [-0.3, -0.25) is 19.2 Å². The van der Waals surface area contributed by atoms with Crippen LogP contribution in [0.1, 0.15) is 50.6 Å². The van der Waals surface area contributed by atoms with E-state index in [1.54, 1.807) is 72.5 Å². The van der Waals surface area contributed by atoms with E-state index in [4.69, 9.17) is 9.47 Å². The number of rotatable bonds is 12. The molecule has 0 spiro atoms. The van der Waals surface area contributed by atoms with Gasteiger partial charge < -0.3 is 35.4 Å². The number of anilines is 2. The number of thioether (sulfide) groups is 1. The summed E-state index contributed by atoms with van der Waals surface area (Å²) in [7, 11) is 1.42. The standard InChI is InChI=1S/C37H36N4O8S2/c1-4-49-37(47)33-28-15-16-41(22(2)42)20-31(28)51-36(33)40-32(44)21-50-27-12-8-11-25(18-27)38-35(46)29(39-34(45)23-9-6-5-7-10-23)17-24-13-14-26(43)19-30(24)48-3/h5-14,17-19,43H,4,15-16,20-21H2,1-3H3,(H,38,46)(H,39,45)(H,40,44)/b29-17+. The minimum absolute atomic E-state index is 0.000730. The molecule has 1 aliphatic rings. The number of nitrogens with one attached hydrogen (secondary N) is 3. The number of fused-ring (bicyclic) bond motifs is 1. The van der Waals surface area contributed by atoms with Gasteiger partial charge in [0.15, 0.2) is 0 Å². The third-order valence-corrected chi connectivity index (χ3v) is 9.87. The Labute approximate surface area is 302 Å². The van der Waals surface area contributed by atoms with Gasteiger partial charge in [0, 0.05) is 46.1 Å². The number of esters is 1. The maximum absolute atomic E-state index is 13.6. The minimum Gasteiger partial charge on any atom is -0.508 e. The van der Waals surface area contributed by atoms with Crippen LogP contribution in [0.3, 0.4) is 0 Å². The molecular weight excluding hydrogens is 693 g/mol. The van der Waals surface area contributed by atoms with Crippen molar-refractivity contribution in [1.82, 2.24) is 10.2 Å². The lowest BCUT2D eigenvalue weighted by Gasteiger charge is -2.25. The Balaban J connectivity index is 1.29. The van der Waals surface area contributed by atoms with Crippen LogP contribution >= 0.6 is 23.1 Å². The van der Waals surface area contributed by atoms with Gasteiger partial charge in [-0.15, -0.1) is 23.1 Å². The first-order valence-corrected chi connectivity index (χ1v) is 17.7. The fraction of sp³-hybridized carbons (Fsp3) is 0.216. The summed E-state index contributed by atoms with van der Waals surface area (Å²) >= 11 is 2.49. The van der Waals surface area contributed by atoms with Crippen molar-refractivity contribution in [3.8, 4) is 11.5 Å². The summed E-state index contributed by atoms with van der Waals surface area (Å²) in [6.45, 7) is 4.23. The van der Waals surface area contributed by atoms with Crippen molar-refractivity contribution in [3.05, 3.63) is 106 Å². The molecule has 264 valence electrons. The molecule has 1 aromatic heterocycles. The third-order valence-electron chi connectivity index (χ3n) is 7.74. The second kappa shape index (κ2) is 16.9. The number of benzene rings is 3. The summed E-state index contributed by atoms with van der Waals surface area (Å²) < 4.78 is 10.6. The van der Waals surface area contributed by atoms with Crippen molar-refractivity contribution in [2.75, 3.05) is 36.6 Å². The van der Waals surface area contributed by atoms with Crippen LogP contribution in [0.4, 0.5) is 10.7 Å². The Kier molecular flexibility index (Phi) is 12.1. The van der Waals surface area contributed by atoms with Gasteiger partial charge in [-0.05, 0) is 67.4 Å². The van der Waals surface area contributed by atoms with E-state index in [2.05, 4.69) is 16.0 Å². The van der Waals surface area contributed by atoms with Crippen molar-refractivity contribution < 1.29 is 38.6 Å². The number of hydrogen-bond acceptors (Lipinski definition) is 10. The number of ether oxygens (including phenoxy) is 2. The summed E-state index contributed by atoms with van der Waals surface area (Å²) in [4.78, 5) is 67.9. The van der Waals surface area contributed by atoms with Gasteiger partial charge in [-0.1, -0.05) is 24.3 Å². The number of thiophene rings is 1. The second-order valence-corrected chi connectivity index (χ2v) is 13.4. The largest absolute Gasteiger partial charge is 0.508 e. The van der Waals surface area contributed by atoms with Crippen LogP contribution in [-0.2, 0) is 32.1 Å². The molecule has 0 unspecified atom stereocenters. The molecule has 0 saturated carbocycles. The molecule has 0 aliphatic carbocycles. The first-order chi connectivity index (χ1) is 24.6. The molecule has 4 amide bonds. The van der Waals surface area contributed by atoms with E-state index in [1.807, 2.05) is 0 Å². The van der Waals surface area contributed by atoms with Gasteiger partial charge in [0.05, 0.1) is 31.6 Å². The average Bonchev–Trinajstić information content (AvgIpc) is 3.48. The Morgan fingerprint density at radius 2 is 1.78 bits per heavy atom. The molecule has 14 heteroatoms. The van der Waals surface area contributed by atoms with Crippen molar-refractivity contribution in [2.24, 2.45) is 0 Å². The quantitative estimate of drug-likeness (QED) is 0.0816. The monoisotopic (exact) mass is 728 g/mol. The summed E-state index contributed by atoms with van der Waals surface area (Å²) in [5.74, 6) is -1.78. The highest BCUT2D eigenvalue weighted by Crippen LogP contribution is 2.38. The van der Waals surface area contributed by atoms with Gasteiger partial charge in [0.25, 0.3) is 11.8 Å². The number of nitrogens with zero attached hydrogens (tertiary/aromatic N) is 1. The molecule has 51 heavy (non-hydrogen) atoms. The smallest absolute Gasteiger partial charge is 0.341 e. The predicted molar refractivity (Wildman–Crippen MR) is 196 cm³/mol. The van der Waals surface area contributed by atoms with E-state index < -0.39 is 17.8 Å². The molecule has 12 nitrogen and oxygen atoms in total. The lowest BCUT2D eigenvalue weighted by Crippen LogP contribution is -2.34. The summed E-state index contributed by atoms with van der Waals surface area (Å²) in [6, 6.07) is 19.7. The predicted octanol–water partition coefficient (Wildman–Crippen LogP) is 5.68. The zero-order valence-electron chi connectivity index (χ0n) is 28.1. The molecule has 2 heterocycles. The molecule has 5 rings (SSSR count). The summed E-state index contributed by atoms with van der Waals surface area (Å²) in [5.41, 5.74) is 2.25. The Hall–Kier alpha value is -5.60. The van der Waals surface area contributed by atoms with Gasteiger partial charge in [0.2, 0.25) is 11.8 Å². The molecule has 0 radical (unpaired) electrons. The number of amides is 4. The first-order valence-electron chi connectivity index (χ1n) is 15.9. The molecule has 0 fully saturated rings. The van der Waals surface area contributed by atoms with E-state index in [1.165, 1.54) is 55.3 Å². The van der Waals surface area contributed by atoms with Gasteiger partial charge in [-0.2, -0.15) is 0 Å². The molecule has 1 aliphatic heterocycles. The van der Waals surface area contributed by atoms with Crippen molar-refractivity contribution >= 4 is 69.5 Å². The van der Waals surface area contributed by atoms with Crippen molar-refractivity contribution in [3.63, 3.8) is 0 Å². The Bertz CT molecular complexity index is 1990. The highest BCUT2D eigenvalue weighted by molar-refractivity contribution is 8.00. The van der Waals surface area contributed by atoms with E-state index >= 15 is 0 Å². The fourth-order valence-electron chi connectivity index (χ4n) is 5.27. The third kappa shape index (κ3) is 9.35. The highest BCUT2D eigenvalue weighted by Gasteiger charge is 2.30. The normalized spacial score (nSPS) is 12.4. The van der Waals surface area contributed by atoms with Crippen LogP contribution in [0.5, 0.6) is 11.5 Å². The zero-order valence-corrected chi connectivity index (χ0v) is 29.7. The van der Waals surface area contributed by atoms with E-state index in [0.717, 1.165) is 10.4 Å². The maximum Gasteiger partial charge on any atom is 0.341 e. The van der Waals surface area contributed by atoms with Crippen LogP contribution in [0.2, 0.25) is 0 Å². The van der Waals surface area contributed by atoms with Gasteiger partial charge >= 0.3 is 5.97 Å². The van der Waals surface area contributed by atoms with Crippen molar-refractivity contribution in [1.29, 1.82) is 0 Å². The van der Waals surface area contributed by atoms with Crippen LogP contribution in [-0.4, -0.2) is 65.6 Å². The van der Waals surface area contributed by atoms with Crippen LogP contribution in [0.15, 0.2) is 83.4 Å². The number of carbonyl (C=O) groups is 5. The summed E-state index contributed by atoms with van der Waals surface area (Å²) in [5, 5.41) is 18.6. The molecule has 0 bridgehead atoms. The number of hydrogen-bond donors (Lipinski definition) is 4. The Morgan fingerprint density at radius 1 is 1.00 bits per heavy atom. The molecule has 4 aromatic rings. The molecule has 4 N–H and O–H groups in total. The number of methoxy groups -OCH3 is 1. The molecule has 0 atom stereocenters. The lowest BCUT2D eigenvalue weighted by molar-refractivity contribution is -0.129. The van der Waals surface area contributed by atoms with E-state index in [9.17, 15) is 29.1 Å². The number of phenols is 1. The average molecular weight is 729 g/mol. The highest BCUT2D eigenvalue weighted by atomic mass is 32.2. The minimum atomic E-state index is -0.620. The lowest BCUT2D eigenvalue weighted by atomic mass is 10.0. The topological polar surface area (TPSA) is 163 Å². The van der Waals surface area contributed by atoms with Crippen LogP contribution in [0, 0.1) is 0 Å². The SMILES string of the molecule is CCOC(=O)c1c(NC(=O)CSc2cccc(NC(=O)/C(=C\c3ccc(O)cc3OC)NC(=O)c3ccccc3)c2)sc2c1CCN(C(C)=O)C2. The van der Waals surface area contributed by atoms with Crippen LogP contribution < -0.4 is 20.7 Å². The summed E-state index contributed by atoms with van der Waals surface area (Å²) in [6.07, 6.45) is 1.93. The maximum atomic E-state index is 13.6. The number of carbonyl (C=O) groups excluding carboxylic acids is 5.